The number of carbonyl (C=O) groups excluding carboxylic acids is 1. The number of hydrogen-bond donors (Lipinski definition) is 3. The molecule has 0 aliphatic carbocycles. The summed E-state index contributed by atoms with van der Waals surface area (Å²) in [5.74, 6) is 0.167. The summed E-state index contributed by atoms with van der Waals surface area (Å²) in [4.78, 5) is 26.2. The fourth-order valence-electron chi connectivity index (χ4n) is 1.98. The Kier molecular flexibility index (Phi) is 4.95. The first-order chi connectivity index (χ1) is 10.5. The van der Waals surface area contributed by atoms with Gasteiger partial charge in [-0.3, -0.25) is 9.59 Å². The molecule has 22 heavy (non-hydrogen) atoms. The van der Waals surface area contributed by atoms with E-state index in [4.69, 9.17) is 4.74 Å². The van der Waals surface area contributed by atoms with Crippen molar-refractivity contribution in [2.24, 2.45) is 0 Å². The molecule has 6 heteroatoms. The molecule has 3 N–H and O–H groups in total. The van der Waals surface area contributed by atoms with Crippen molar-refractivity contribution in [1.29, 1.82) is 0 Å². The number of aliphatic hydroxyl groups is 1. The van der Waals surface area contributed by atoms with Crippen LogP contribution >= 0.6 is 0 Å². The Labute approximate surface area is 127 Å². The maximum absolute atomic E-state index is 12.0. The number of benzene rings is 1. The van der Waals surface area contributed by atoms with Gasteiger partial charge >= 0.3 is 0 Å². The number of H-pyrrole nitrogens is 1. The number of aryl methyl sites for hydroxylation is 1. The molecule has 0 spiro atoms. The molecule has 0 fully saturated rings. The Morgan fingerprint density at radius 2 is 1.95 bits per heavy atom. The second-order valence-corrected chi connectivity index (χ2v) is 4.88. The zero-order chi connectivity index (χ0) is 16.1. The first-order valence-electron chi connectivity index (χ1n) is 6.81. The first kappa shape index (κ1) is 15.8. The summed E-state index contributed by atoms with van der Waals surface area (Å²) >= 11 is 0. The normalized spacial score (nSPS) is 11.8. The molecule has 0 aliphatic heterocycles. The number of ether oxygens (including phenoxy) is 1. The number of pyridine rings is 1. The van der Waals surface area contributed by atoms with E-state index in [9.17, 15) is 14.7 Å². The number of aromatic amines is 1. The Bertz CT molecular complexity index is 707. The minimum absolute atomic E-state index is 0.0124. The van der Waals surface area contributed by atoms with Gasteiger partial charge in [0.05, 0.1) is 13.2 Å². The molecule has 1 amide bonds. The summed E-state index contributed by atoms with van der Waals surface area (Å²) in [5, 5.41) is 12.6. The highest BCUT2D eigenvalue weighted by Crippen LogP contribution is 2.16. The van der Waals surface area contributed by atoms with Crippen molar-refractivity contribution in [3.8, 4) is 5.75 Å². The van der Waals surface area contributed by atoms with Gasteiger partial charge in [-0.2, -0.15) is 0 Å². The van der Waals surface area contributed by atoms with E-state index < -0.39 is 17.6 Å². The van der Waals surface area contributed by atoms with Crippen molar-refractivity contribution in [3.63, 3.8) is 0 Å². The van der Waals surface area contributed by atoms with Crippen LogP contribution in [-0.2, 0) is 0 Å². The molecule has 0 aliphatic rings. The fraction of sp³-hybridized carbons (Fsp3) is 0.250. The standard InChI is InChI=1S/C16H18N2O4/c1-10-3-8-13(16(21)18-10)15(20)17-9-14(19)11-4-6-12(22-2)7-5-11/h3-8,14,19H,9H2,1-2H3,(H,17,20)(H,18,21)/t14-/m1/s1. The average Bonchev–Trinajstić information content (AvgIpc) is 2.52. The summed E-state index contributed by atoms with van der Waals surface area (Å²) in [7, 11) is 1.56. The third kappa shape index (κ3) is 3.73. The van der Waals surface area contributed by atoms with Gasteiger partial charge in [0, 0.05) is 12.2 Å². The summed E-state index contributed by atoms with van der Waals surface area (Å²) in [6, 6.07) is 10.00. The lowest BCUT2D eigenvalue weighted by molar-refractivity contribution is 0.0914. The quantitative estimate of drug-likeness (QED) is 0.773. The maximum atomic E-state index is 12.0. The minimum atomic E-state index is -0.862. The summed E-state index contributed by atoms with van der Waals surface area (Å²) in [6.45, 7) is 1.75. The molecule has 0 saturated heterocycles. The third-order valence-electron chi connectivity index (χ3n) is 3.26. The molecule has 0 bridgehead atoms. The molecule has 1 atom stereocenters. The lowest BCUT2D eigenvalue weighted by Gasteiger charge is -2.12. The van der Waals surface area contributed by atoms with E-state index in [-0.39, 0.29) is 12.1 Å². The van der Waals surface area contributed by atoms with Crippen molar-refractivity contribution in [1.82, 2.24) is 10.3 Å². The minimum Gasteiger partial charge on any atom is -0.497 e. The van der Waals surface area contributed by atoms with Gasteiger partial charge < -0.3 is 20.1 Å². The number of aromatic nitrogens is 1. The van der Waals surface area contributed by atoms with E-state index >= 15 is 0 Å². The smallest absolute Gasteiger partial charge is 0.260 e. The highest BCUT2D eigenvalue weighted by molar-refractivity contribution is 5.93. The van der Waals surface area contributed by atoms with Crippen LogP contribution in [0, 0.1) is 6.92 Å². The fourth-order valence-corrected chi connectivity index (χ4v) is 1.98. The molecule has 2 rings (SSSR count). The van der Waals surface area contributed by atoms with Crippen LogP contribution in [0.25, 0.3) is 0 Å². The number of hydrogen-bond acceptors (Lipinski definition) is 4. The summed E-state index contributed by atoms with van der Waals surface area (Å²) in [6.07, 6.45) is -0.862. The molecule has 1 aromatic carbocycles. The molecular weight excluding hydrogens is 284 g/mol. The van der Waals surface area contributed by atoms with Crippen LogP contribution < -0.4 is 15.6 Å². The summed E-state index contributed by atoms with van der Waals surface area (Å²) in [5.41, 5.74) is 0.905. The van der Waals surface area contributed by atoms with Gasteiger partial charge in [-0.15, -0.1) is 0 Å². The molecule has 1 heterocycles. The van der Waals surface area contributed by atoms with Gasteiger partial charge in [0.25, 0.3) is 11.5 Å². The van der Waals surface area contributed by atoms with Gasteiger partial charge in [0.2, 0.25) is 0 Å². The monoisotopic (exact) mass is 302 g/mol. The Morgan fingerprint density at radius 1 is 1.27 bits per heavy atom. The molecule has 116 valence electrons. The van der Waals surface area contributed by atoms with E-state index in [1.54, 1.807) is 44.4 Å². The van der Waals surface area contributed by atoms with Crippen LogP contribution in [0.15, 0.2) is 41.2 Å². The Hall–Kier alpha value is -2.60. The van der Waals surface area contributed by atoms with Gasteiger partial charge in [0.1, 0.15) is 11.3 Å². The first-order valence-corrected chi connectivity index (χ1v) is 6.81. The van der Waals surface area contributed by atoms with Gasteiger partial charge in [0.15, 0.2) is 0 Å². The lowest BCUT2D eigenvalue weighted by Crippen LogP contribution is -2.32. The number of amides is 1. The highest BCUT2D eigenvalue weighted by atomic mass is 16.5. The number of carbonyl (C=O) groups is 1. The third-order valence-corrected chi connectivity index (χ3v) is 3.26. The SMILES string of the molecule is COc1ccc([C@H](O)CNC(=O)c2ccc(C)[nH]c2=O)cc1. The van der Waals surface area contributed by atoms with E-state index in [0.717, 1.165) is 0 Å². The van der Waals surface area contributed by atoms with Crippen molar-refractivity contribution < 1.29 is 14.6 Å². The van der Waals surface area contributed by atoms with Crippen LogP contribution in [-0.4, -0.2) is 29.7 Å². The van der Waals surface area contributed by atoms with Crippen molar-refractivity contribution in [2.45, 2.75) is 13.0 Å². The number of aliphatic hydroxyl groups excluding tert-OH is 1. The molecule has 0 saturated carbocycles. The largest absolute Gasteiger partial charge is 0.497 e. The number of nitrogens with one attached hydrogen (secondary N) is 2. The molecule has 1 aromatic heterocycles. The highest BCUT2D eigenvalue weighted by Gasteiger charge is 2.13. The predicted molar refractivity (Wildman–Crippen MR) is 82.1 cm³/mol. The van der Waals surface area contributed by atoms with Crippen LogP contribution in [0.4, 0.5) is 0 Å². The van der Waals surface area contributed by atoms with Gasteiger partial charge in [-0.1, -0.05) is 12.1 Å². The van der Waals surface area contributed by atoms with E-state index in [1.807, 2.05) is 0 Å². The van der Waals surface area contributed by atoms with Crippen molar-refractivity contribution in [3.05, 3.63) is 63.6 Å². The lowest BCUT2D eigenvalue weighted by atomic mass is 10.1. The molecule has 2 aromatic rings. The van der Waals surface area contributed by atoms with Gasteiger partial charge in [-0.05, 0) is 36.8 Å². The summed E-state index contributed by atoms with van der Waals surface area (Å²) < 4.78 is 5.04. The Balaban J connectivity index is 1.99. The molecule has 0 radical (unpaired) electrons. The van der Waals surface area contributed by atoms with Crippen LogP contribution in [0.1, 0.15) is 27.7 Å². The van der Waals surface area contributed by atoms with Crippen LogP contribution in [0.3, 0.4) is 0 Å². The number of rotatable bonds is 5. The maximum Gasteiger partial charge on any atom is 0.260 e. The van der Waals surface area contributed by atoms with Crippen molar-refractivity contribution >= 4 is 5.91 Å². The predicted octanol–water partition coefficient (Wildman–Crippen LogP) is 1.16. The van der Waals surface area contributed by atoms with Gasteiger partial charge in [-0.25, -0.2) is 0 Å². The Morgan fingerprint density at radius 3 is 2.55 bits per heavy atom. The number of methoxy groups -OCH3 is 1. The van der Waals surface area contributed by atoms with Crippen LogP contribution in [0.2, 0.25) is 0 Å². The van der Waals surface area contributed by atoms with Crippen molar-refractivity contribution in [2.75, 3.05) is 13.7 Å². The van der Waals surface area contributed by atoms with E-state index in [2.05, 4.69) is 10.3 Å². The van der Waals surface area contributed by atoms with E-state index in [0.29, 0.717) is 17.0 Å². The zero-order valence-corrected chi connectivity index (χ0v) is 12.4. The second kappa shape index (κ2) is 6.91. The van der Waals surface area contributed by atoms with Crippen LogP contribution in [0.5, 0.6) is 5.75 Å². The second-order valence-electron chi connectivity index (χ2n) is 4.88. The topological polar surface area (TPSA) is 91.4 Å². The van der Waals surface area contributed by atoms with E-state index in [1.165, 1.54) is 6.07 Å². The molecular formula is C16H18N2O4. The average molecular weight is 302 g/mol. The molecule has 6 nitrogen and oxygen atoms in total. The molecule has 0 unspecified atom stereocenters. The zero-order valence-electron chi connectivity index (χ0n) is 12.4.